The molecule has 33 heteroatoms. The Morgan fingerprint density at radius 1 is 0.416 bits per heavy atom. The van der Waals surface area contributed by atoms with Gasteiger partial charge in [0.15, 0.2) is 0 Å². The summed E-state index contributed by atoms with van der Waals surface area (Å²) < 4.78 is -2.59. The van der Waals surface area contributed by atoms with Crippen LogP contribution in [-0.4, -0.2) is 229 Å². The van der Waals surface area contributed by atoms with Crippen LogP contribution in [-0.2, 0) is 53.2 Å². The van der Waals surface area contributed by atoms with Crippen molar-refractivity contribution in [2.45, 2.75) is 113 Å². The minimum Gasteiger partial charge on any atom is -0.396 e. The first-order valence-electron chi connectivity index (χ1n) is 45.4. The first kappa shape index (κ1) is 97.6. The molecule has 9 amide bonds. The molecular weight excluding hydrogens is 1960 g/mol. The van der Waals surface area contributed by atoms with Gasteiger partial charge in [0.1, 0.15) is 26.7 Å². The Bertz CT molecular complexity index is 6590. The number of aryl methyl sites for hydroxylation is 3. The van der Waals surface area contributed by atoms with E-state index in [-0.39, 0.29) is 73.3 Å². The standard InChI is InChI=1S/C36H33Cl2N5O2S.C35H37Cl2N5O4S.C33H32BrClN4O4S/c1-24-5-12-28(13-6-24)46-36(35(45)42-18-16-41(17-19-42)32-4-2-3-15-39-32)21-33(44)43(23-25-7-9-26(37)10-8-25)34(36)30-22-40-31-20-27(38)11-14-29(30)31;1-23-3-10-27(11-4-23)47-35(33(45)40-14-16-41(17-15-40)34(46)38-13-2-18-43)20-31(44)42(22-24-5-7-25(36)8-6-24)32(35)29-21-39-30-19-26(37)9-12-28(29)30;1-21-2-9-25(10-3-21)44-33(32(43)38-14-12-37(13-15-38)30(42)20-40)17-29(41)39(19-22-4-6-23(34)7-5-22)31(33)27-18-36-28-16-24(35)8-11-26(27)28/h2-15,20,22,34,40H,16-19,21,23H2,1H3;3-12,19,21,32,39,43H,2,13-18,20,22H2,1H3,(H,38,46);2-11,16,18,31,36,40H,12-15,17,19-20H2,1H3/t34-,36-;32-,35-;31-,33-/m000/s1. The second-order valence-electron chi connectivity index (χ2n) is 35.3. The van der Waals surface area contributed by atoms with E-state index in [0.717, 1.165) is 108 Å². The molecule has 13 aromatic rings. The fraction of sp³-hybridized carbons (Fsp3) is 0.298. The molecule has 0 saturated carbocycles. The number of piperazine rings is 3. The smallest absolute Gasteiger partial charge is 0.317 e. The molecule has 6 saturated heterocycles. The molecule has 6 aliphatic heterocycles. The summed E-state index contributed by atoms with van der Waals surface area (Å²) in [7, 11) is 0. The van der Waals surface area contributed by atoms with Crippen molar-refractivity contribution < 1.29 is 48.6 Å². The number of nitrogens with zero attached hydrogens (tertiary/aromatic N) is 10. The van der Waals surface area contributed by atoms with Crippen molar-refractivity contribution in [3.8, 4) is 0 Å². The zero-order chi connectivity index (χ0) is 96.0. The van der Waals surface area contributed by atoms with Crippen LogP contribution in [0.3, 0.4) is 0 Å². The van der Waals surface area contributed by atoms with Crippen molar-refractivity contribution in [3.05, 3.63) is 323 Å². The molecule has 6 atom stereocenters. The number of nitrogens with one attached hydrogen (secondary N) is 4. The second-order valence-corrected chi connectivity index (χ2v) is 42.6. The first-order valence-corrected chi connectivity index (χ1v) is 50.6. The molecule has 0 aliphatic carbocycles. The van der Waals surface area contributed by atoms with E-state index in [1.54, 1.807) is 37.9 Å². The Balaban J connectivity index is 0.000000142. The van der Waals surface area contributed by atoms with Gasteiger partial charge in [-0.2, -0.15) is 0 Å². The molecule has 0 unspecified atom stereocenters. The Kier molecular flexibility index (Phi) is 30.5. The maximum atomic E-state index is 15.2. The van der Waals surface area contributed by atoms with Crippen LogP contribution in [0.25, 0.3) is 32.7 Å². The molecule has 19 rings (SSSR count). The summed E-state index contributed by atoms with van der Waals surface area (Å²) in [5.41, 5.74) is 11.2. The Labute approximate surface area is 840 Å². The Hall–Kier alpha value is -11.0. The van der Waals surface area contributed by atoms with Gasteiger partial charge in [-0.15, -0.1) is 35.3 Å². The molecule has 0 spiro atoms. The number of aromatic nitrogens is 4. The molecule has 10 heterocycles. The van der Waals surface area contributed by atoms with Crippen LogP contribution < -0.4 is 10.2 Å². The summed E-state index contributed by atoms with van der Waals surface area (Å²) in [4.78, 5) is 147. The highest BCUT2D eigenvalue weighted by Gasteiger charge is 2.63. The fourth-order valence-corrected chi connectivity index (χ4v) is 24.8. The van der Waals surface area contributed by atoms with Crippen LogP contribution in [0.1, 0.15) is 93.9 Å². The number of rotatable bonds is 23. The van der Waals surface area contributed by atoms with E-state index in [0.29, 0.717) is 136 Å². The molecule has 6 fully saturated rings. The zero-order valence-electron chi connectivity index (χ0n) is 75.5. The number of fused-ring (bicyclic) bond motifs is 3. The van der Waals surface area contributed by atoms with Crippen molar-refractivity contribution in [2.24, 2.45) is 0 Å². The number of hydrogen-bond acceptors (Lipinski definition) is 15. The maximum Gasteiger partial charge on any atom is 0.317 e. The van der Waals surface area contributed by atoms with E-state index >= 15 is 9.59 Å². The molecule has 0 radical (unpaired) electrons. The van der Waals surface area contributed by atoms with Crippen LogP contribution >= 0.6 is 109 Å². The molecule has 6 aliphatic rings. The molecule has 9 aromatic carbocycles. The topological polar surface area (TPSA) is 278 Å². The average molecular weight is 2060 g/mol. The lowest BCUT2D eigenvalue weighted by atomic mass is 9.90. The number of halogens is 6. The number of H-pyrrole nitrogens is 3. The van der Waals surface area contributed by atoms with Crippen LogP contribution in [0.5, 0.6) is 0 Å². The lowest BCUT2D eigenvalue weighted by Crippen LogP contribution is -2.58. The summed E-state index contributed by atoms with van der Waals surface area (Å²) in [5.74, 6) is -0.0525. The summed E-state index contributed by atoms with van der Waals surface area (Å²) in [6.45, 7) is 11.9. The van der Waals surface area contributed by atoms with E-state index < -0.39 is 39.0 Å². The number of aliphatic hydroxyl groups excluding tert-OH is 2. The lowest BCUT2D eigenvalue weighted by Gasteiger charge is -2.42. The van der Waals surface area contributed by atoms with Gasteiger partial charge in [0.25, 0.3) is 0 Å². The van der Waals surface area contributed by atoms with E-state index in [9.17, 15) is 33.9 Å². The van der Waals surface area contributed by atoms with Crippen molar-refractivity contribution in [2.75, 3.05) is 103 Å². The van der Waals surface area contributed by atoms with Gasteiger partial charge in [-0.25, -0.2) is 9.78 Å². The van der Waals surface area contributed by atoms with Gasteiger partial charge in [0.05, 0.1) is 37.4 Å². The third-order valence-corrected chi connectivity index (χ3v) is 32.3. The highest BCUT2D eigenvalue weighted by atomic mass is 79.9. The number of likely N-dealkylation sites (tertiary alicyclic amines) is 3. The number of benzene rings is 9. The minimum absolute atomic E-state index is 0.00167. The Morgan fingerprint density at radius 3 is 1.08 bits per heavy atom. The number of urea groups is 1. The third-order valence-electron chi connectivity index (χ3n) is 26.3. The van der Waals surface area contributed by atoms with Gasteiger partial charge in [0.2, 0.25) is 41.4 Å². The largest absolute Gasteiger partial charge is 0.396 e. The average Bonchev–Trinajstić information content (AvgIpc) is 1.58. The van der Waals surface area contributed by atoms with Crippen molar-refractivity contribution in [3.63, 3.8) is 0 Å². The number of aromatic amines is 3. The van der Waals surface area contributed by atoms with Crippen LogP contribution in [0.2, 0.25) is 25.1 Å². The number of thioether (sulfide) groups is 3. The molecule has 4 aromatic heterocycles. The van der Waals surface area contributed by atoms with Crippen molar-refractivity contribution >= 4 is 195 Å². The molecular formula is C104H102BrCl5N14O10S3. The van der Waals surface area contributed by atoms with Crippen molar-refractivity contribution in [1.82, 2.24) is 64.5 Å². The number of amides is 9. The molecule has 0 bridgehead atoms. The van der Waals surface area contributed by atoms with E-state index in [1.165, 1.54) is 35.3 Å². The van der Waals surface area contributed by atoms with E-state index in [2.05, 4.69) is 58.2 Å². The SMILES string of the molecule is Cc1ccc(S[C@@]2(C(=O)N3CCN(C(=O)CO)CC3)CC(=O)N(Cc3ccc(Br)cc3)[C@H]2c2c[nH]c3cc(Cl)ccc23)cc1.Cc1ccc(S[C@@]2(C(=O)N3CCN(C(=O)NCCCO)CC3)CC(=O)N(Cc3ccc(Cl)cc3)[C@H]2c2c[nH]c3cc(Cl)ccc23)cc1.Cc1ccc(S[C@@]2(C(=O)N3CCN(c4ccccn4)CC3)CC(=O)N(Cc3ccc(Cl)cc3)[C@H]2c2c[nH]c3cc(Cl)ccc23)cc1. The second kappa shape index (κ2) is 42.8. The fourth-order valence-electron chi connectivity index (χ4n) is 19.3. The highest BCUT2D eigenvalue weighted by molar-refractivity contribution is 9.10. The predicted octanol–water partition coefficient (Wildman–Crippen LogP) is 19.1. The van der Waals surface area contributed by atoms with Gasteiger partial charge in [0, 0.05) is 230 Å². The molecule has 6 N–H and O–H groups in total. The number of pyridine rings is 1. The summed E-state index contributed by atoms with van der Waals surface area (Å²) >= 11 is 39.3. The molecule has 137 heavy (non-hydrogen) atoms. The van der Waals surface area contributed by atoms with Gasteiger partial charge in [-0.05, 0) is 165 Å². The minimum atomic E-state index is -1.21. The maximum absolute atomic E-state index is 15.2. The zero-order valence-corrected chi connectivity index (χ0v) is 83.3. The van der Waals surface area contributed by atoms with Crippen LogP contribution in [0.4, 0.5) is 10.6 Å². The third kappa shape index (κ3) is 21.3. The number of aliphatic hydroxyl groups is 2. The van der Waals surface area contributed by atoms with Crippen LogP contribution in [0.15, 0.2) is 262 Å². The number of anilines is 1. The molecule has 24 nitrogen and oxygen atoms in total. The quantitative estimate of drug-likeness (QED) is 0.0325. The predicted molar refractivity (Wildman–Crippen MR) is 547 cm³/mol. The van der Waals surface area contributed by atoms with Gasteiger partial charge < -0.3 is 74.6 Å². The molecule has 708 valence electrons. The number of carbonyl (C=O) groups excluding carboxylic acids is 8. The summed E-state index contributed by atoms with van der Waals surface area (Å²) in [6, 6.07) is 67.9. The monoisotopic (exact) mass is 2060 g/mol. The summed E-state index contributed by atoms with van der Waals surface area (Å²) in [6.07, 6.45) is 8.09. The van der Waals surface area contributed by atoms with Gasteiger partial charge in [-0.3, -0.25) is 33.6 Å². The highest BCUT2D eigenvalue weighted by Crippen LogP contribution is 2.59. The normalized spacial score (nSPS) is 20.2. The van der Waals surface area contributed by atoms with Crippen molar-refractivity contribution in [1.29, 1.82) is 0 Å². The van der Waals surface area contributed by atoms with Crippen LogP contribution in [0, 0.1) is 20.8 Å². The van der Waals surface area contributed by atoms with E-state index in [1.807, 2.05) is 253 Å². The van der Waals surface area contributed by atoms with Gasteiger partial charge >= 0.3 is 6.03 Å². The number of hydrogen-bond donors (Lipinski definition) is 6. The summed E-state index contributed by atoms with van der Waals surface area (Å²) in [5, 5.41) is 27.0. The van der Waals surface area contributed by atoms with Gasteiger partial charge in [-0.1, -0.05) is 188 Å². The Morgan fingerprint density at radius 2 is 0.745 bits per heavy atom. The first-order chi connectivity index (χ1) is 66.2. The lowest BCUT2D eigenvalue weighted by molar-refractivity contribution is -0.142. The number of carbonyl (C=O) groups is 8. The van der Waals surface area contributed by atoms with E-state index in [4.69, 9.17) is 63.1 Å².